The number of nitrogens with one attached hydrogen (secondary N) is 1. The van der Waals surface area contributed by atoms with E-state index in [1.165, 1.54) is 19.3 Å². The van der Waals surface area contributed by atoms with Crippen molar-refractivity contribution in [3.8, 4) is 0 Å². The van der Waals surface area contributed by atoms with E-state index < -0.39 is 0 Å². The summed E-state index contributed by atoms with van der Waals surface area (Å²) in [5.41, 5.74) is 0. The molecule has 0 unspecified atom stereocenters. The molecular formula is C16H30N4O2. The smallest absolute Gasteiger partial charge is 0.236 e. The molecule has 6 heteroatoms. The highest BCUT2D eigenvalue weighted by Crippen LogP contribution is 2.20. The number of nitrogens with zero attached hydrogens (tertiary/aromatic N) is 3. The van der Waals surface area contributed by atoms with Crippen molar-refractivity contribution in [3.63, 3.8) is 0 Å². The Kier molecular flexibility index (Phi) is 6.64. The molecular weight excluding hydrogens is 280 g/mol. The fourth-order valence-electron chi connectivity index (χ4n) is 3.34. The SMILES string of the molecule is CNCCC1CCN(CC(=O)N2CCN(C(C)=O)CC2)CC1. The van der Waals surface area contributed by atoms with Gasteiger partial charge in [-0.3, -0.25) is 14.5 Å². The molecule has 22 heavy (non-hydrogen) atoms. The predicted molar refractivity (Wildman–Crippen MR) is 86.5 cm³/mol. The van der Waals surface area contributed by atoms with Gasteiger partial charge < -0.3 is 15.1 Å². The lowest BCUT2D eigenvalue weighted by atomic mass is 9.93. The van der Waals surface area contributed by atoms with Gasteiger partial charge in [0.25, 0.3) is 0 Å². The van der Waals surface area contributed by atoms with Crippen LogP contribution in [0.25, 0.3) is 0 Å². The first kappa shape index (κ1) is 17.2. The normalized spacial score (nSPS) is 21.2. The van der Waals surface area contributed by atoms with E-state index >= 15 is 0 Å². The first-order valence-electron chi connectivity index (χ1n) is 8.50. The molecule has 2 fully saturated rings. The molecule has 2 rings (SSSR count). The van der Waals surface area contributed by atoms with Gasteiger partial charge in [-0.05, 0) is 51.9 Å². The van der Waals surface area contributed by atoms with Gasteiger partial charge in [0.1, 0.15) is 0 Å². The van der Waals surface area contributed by atoms with Crippen LogP contribution < -0.4 is 5.32 Å². The number of likely N-dealkylation sites (tertiary alicyclic amines) is 1. The summed E-state index contributed by atoms with van der Waals surface area (Å²) in [6.45, 7) is 7.99. The van der Waals surface area contributed by atoms with Gasteiger partial charge in [0.05, 0.1) is 6.54 Å². The molecule has 2 amide bonds. The van der Waals surface area contributed by atoms with Gasteiger partial charge in [-0.1, -0.05) is 0 Å². The van der Waals surface area contributed by atoms with E-state index in [1.54, 1.807) is 6.92 Å². The Morgan fingerprint density at radius 2 is 1.59 bits per heavy atom. The minimum absolute atomic E-state index is 0.107. The molecule has 0 saturated carbocycles. The summed E-state index contributed by atoms with van der Waals surface area (Å²) in [5, 5.41) is 3.21. The van der Waals surface area contributed by atoms with Gasteiger partial charge in [-0.25, -0.2) is 0 Å². The van der Waals surface area contributed by atoms with E-state index in [0.717, 1.165) is 25.6 Å². The van der Waals surface area contributed by atoms with Gasteiger partial charge in [0, 0.05) is 33.1 Å². The Hall–Kier alpha value is -1.14. The van der Waals surface area contributed by atoms with Crippen molar-refractivity contribution in [1.29, 1.82) is 0 Å². The summed E-state index contributed by atoms with van der Waals surface area (Å²) in [6.07, 6.45) is 3.64. The van der Waals surface area contributed by atoms with E-state index in [4.69, 9.17) is 0 Å². The Morgan fingerprint density at radius 3 is 2.14 bits per heavy atom. The van der Waals surface area contributed by atoms with Crippen LogP contribution in [0.5, 0.6) is 0 Å². The second kappa shape index (κ2) is 8.48. The highest BCUT2D eigenvalue weighted by atomic mass is 16.2. The quantitative estimate of drug-likeness (QED) is 0.776. The van der Waals surface area contributed by atoms with Gasteiger partial charge in [0.15, 0.2) is 0 Å². The molecule has 0 atom stereocenters. The maximum absolute atomic E-state index is 12.4. The number of piperazine rings is 1. The highest BCUT2D eigenvalue weighted by molar-refractivity contribution is 5.79. The van der Waals surface area contributed by atoms with Crippen LogP contribution in [0.1, 0.15) is 26.2 Å². The van der Waals surface area contributed by atoms with Crippen LogP contribution in [0.2, 0.25) is 0 Å². The molecule has 0 aromatic rings. The number of hydrogen-bond acceptors (Lipinski definition) is 4. The standard InChI is InChI=1S/C16H30N4O2/c1-14(21)19-9-11-20(12-10-19)16(22)13-18-7-4-15(5-8-18)3-6-17-2/h15,17H,3-13H2,1-2H3. The van der Waals surface area contributed by atoms with Gasteiger partial charge in [-0.15, -0.1) is 0 Å². The van der Waals surface area contributed by atoms with E-state index in [2.05, 4.69) is 10.2 Å². The third-order valence-electron chi connectivity index (χ3n) is 4.95. The Bertz CT molecular complexity index is 372. The van der Waals surface area contributed by atoms with E-state index in [9.17, 15) is 9.59 Å². The minimum atomic E-state index is 0.107. The molecule has 0 radical (unpaired) electrons. The van der Waals surface area contributed by atoms with E-state index in [1.807, 2.05) is 16.8 Å². The highest BCUT2D eigenvalue weighted by Gasteiger charge is 2.25. The van der Waals surface area contributed by atoms with Crippen LogP contribution in [-0.2, 0) is 9.59 Å². The summed E-state index contributed by atoms with van der Waals surface area (Å²) in [7, 11) is 2.00. The number of carbonyl (C=O) groups is 2. The minimum Gasteiger partial charge on any atom is -0.339 e. The number of amides is 2. The summed E-state index contributed by atoms with van der Waals surface area (Å²) in [4.78, 5) is 29.7. The van der Waals surface area contributed by atoms with Crippen molar-refractivity contribution in [3.05, 3.63) is 0 Å². The summed E-state index contributed by atoms with van der Waals surface area (Å²) in [6, 6.07) is 0. The number of carbonyl (C=O) groups excluding carboxylic acids is 2. The first-order valence-corrected chi connectivity index (χ1v) is 8.50. The fraction of sp³-hybridized carbons (Fsp3) is 0.875. The molecule has 126 valence electrons. The molecule has 1 N–H and O–H groups in total. The summed E-state index contributed by atoms with van der Waals surface area (Å²) >= 11 is 0. The van der Waals surface area contributed by atoms with Crippen LogP contribution in [0.15, 0.2) is 0 Å². The zero-order chi connectivity index (χ0) is 15.9. The third kappa shape index (κ3) is 4.95. The van der Waals surface area contributed by atoms with Gasteiger partial charge in [-0.2, -0.15) is 0 Å². The average molecular weight is 310 g/mol. The van der Waals surface area contributed by atoms with E-state index in [-0.39, 0.29) is 11.8 Å². The van der Waals surface area contributed by atoms with Crippen molar-refractivity contribution in [2.24, 2.45) is 5.92 Å². The number of piperidine rings is 1. The Morgan fingerprint density at radius 1 is 1.00 bits per heavy atom. The Balaban J connectivity index is 1.67. The van der Waals surface area contributed by atoms with Crippen molar-refractivity contribution in [2.75, 3.05) is 59.4 Å². The summed E-state index contributed by atoms with van der Waals surface area (Å²) in [5.74, 6) is 1.13. The molecule has 2 saturated heterocycles. The van der Waals surface area contributed by atoms with Crippen LogP contribution in [0.4, 0.5) is 0 Å². The van der Waals surface area contributed by atoms with Gasteiger partial charge in [0.2, 0.25) is 11.8 Å². The molecule has 6 nitrogen and oxygen atoms in total. The van der Waals surface area contributed by atoms with Crippen molar-refractivity contribution >= 4 is 11.8 Å². The molecule has 0 spiro atoms. The fourth-order valence-corrected chi connectivity index (χ4v) is 3.34. The molecule has 0 aliphatic carbocycles. The maximum Gasteiger partial charge on any atom is 0.236 e. The maximum atomic E-state index is 12.4. The van der Waals surface area contributed by atoms with E-state index in [0.29, 0.717) is 32.7 Å². The predicted octanol–water partition coefficient (Wildman–Crippen LogP) is -0.00140. The third-order valence-corrected chi connectivity index (χ3v) is 4.95. The monoisotopic (exact) mass is 310 g/mol. The molecule has 2 aliphatic rings. The molecule has 0 aromatic carbocycles. The zero-order valence-corrected chi connectivity index (χ0v) is 14.0. The largest absolute Gasteiger partial charge is 0.339 e. The van der Waals surface area contributed by atoms with Crippen LogP contribution >= 0.6 is 0 Å². The lowest BCUT2D eigenvalue weighted by molar-refractivity contribution is -0.139. The summed E-state index contributed by atoms with van der Waals surface area (Å²) < 4.78 is 0. The zero-order valence-electron chi connectivity index (χ0n) is 14.0. The second-order valence-corrected chi connectivity index (χ2v) is 6.50. The molecule has 2 heterocycles. The lowest BCUT2D eigenvalue weighted by Crippen LogP contribution is -2.52. The number of rotatable bonds is 5. The van der Waals surface area contributed by atoms with Crippen LogP contribution in [0.3, 0.4) is 0 Å². The second-order valence-electron chi connectivity index (χ2n) is 6.50. The Labute approximate surface area is 133 Å². The van der Waals surface area contributed by atoms with Crippen molar-refractivity contribution in [1.82, 2.24) is 20.0 Å². The lowest BCUT2D eigenvalue weighted by Gasteiger charge is -2.37. The molecule has 2 aliphatic heterocycles. The van der Waals surface area contributed by atoms with Crippen molar-refractivity contribution in [2.45, 2.75) is 26.2 Å². The molecule has 0 bridgehead atoms. The van der Waals surface area contributed by atoms with Crippen LogP contribution in [0, 0.1) is 5.92 Å². The van der Waals surface area contributed by atoms with Crippen LogP contribution in [-0.4, -0.2) is 85.9 Å². The topological polar surface area (TPSA) is 55.9 Å². The van der Waals surface area contributed by atoms with Crippen molar-refractivity contribution < 1.29 is 9.59 Å². The average Bonchev–Trinajstić information content (AvgIpc) is 2.54. The molecule has 0 aromatic heterocycles. The first-order chi connectivity index (χ1) is 10.6. The van der Waals surface area contributed by atoms with Gasteiger partial charge >= 0.3 is 0 Å². The number of hydrogen-bond donors (Lipinski definition) is 1.